The van der Waals surface area contributed by atoms with Gasteiger partial charge in [0.1, 0.15) is 5.01 Å². The topological polar surface area (TPSA) is 45.1 Å². The molecule has 0 bridgehead atoms. The van der Waals surface area contributed by atoms with Gasteiger partial charge in [0.2, 0.25) is 0 Å². The fourth-order valence-corrected chi connectivity index (χ4v) is 3.25. The number of hydrogen-bond donors (Lipinski definition) is 2. The first-order chi connectivity index (χ1) is 11.7. The number of thiazole rings is 1. The summed E-state index contributed by atoms with van der Waals surface area (Å²) in [5.41, 5.74) is 5.37. The Bertz CT molecular complexity index is 801. The minimum Gasteiger partial charge on any atom is -0.390 e. The van der Waals surface area contributed by atoms with Crippen LogP contribution >= 0.6 is 22.9 Å². The first-order valence-corrected chi connectivity index (χ1v) is 9.18. The number of nitrogens with one attached hydrogen (secondary N) is 1. The Kier molecular flexibility index (Phi) is 5.51. The van der Waals surface area contributed by atoms with E-state index in [2.05, 4.69) is 41.9 Å². The second kappa shape index (κ2) is 7.79. The molecule has 0 spiro atoms. The van der Waals surface area contributed by atoms with Gasteiger partial charge in [0.25, 0.3) is 0 Å². The van der Waals surface area contributed by atoms with Crippen LogP contribution in [0, 0.1) is 6.92 Å². The maximum atomic E-state index is 9.55. The van der Waals surface area contributed by atoms with Gasteiger partial charge >= 0.3 is 0 Å². The van der Waals surface area contributed by atoms with E-state index in [9.17, 15) is 5.11 Å². The van der Waals surface area contributed by atoms with Crippen LogP contribution < -0.4 is 5.32 Å². The van der Waals surface area contributed by atoms with Gasteiger partial charge in [-0.1, -0.05) is 42.0 Å². The molecule has 0 fully saturated rings. The summed E-state index contributed by atoms with van der Waals surface area (Å²) in [6.45, 7) is 2.51. The highest BCUT2D eigenvalue weighted by Gasteiger charge is 2.08. The van der Waals surface area contributed by atoms with Crippen LogP contribution in [0.4, 0.5) is 5.69 Å². The fraction of sp³-hybridized carbons (Fsp3) is 0.211. The number of anilines is 1. The van der Waals surface area contributed by atoms with Crippen LogP contribution in [0.2, 0.25) is 0 Å². The summed E-state index contributed by atoms with van der Waals surface area (Å²) in [7, 11) is 0. The second-order valence-corrected chi connectivity index (χ2v) is 6.84. The molecule has 0 aliphatic carbocycles. The van der Waals surface area contributed by atoms with Crippen LogP contribution in [-0.2, 0) is 0 Å². The number of nitrogens with zero attached hydrogens (tertiary/aromatic N) is 1. The van der Waals surface area contributed by atoms with Crippen LogP contribution in [-0.4, -0.2) is 28.6 Å². The Morgan fingerprint density at radius 2 is 1.96 bits per heavy atom. The maximum Gasteiger partial charge on any atom is 0.124 e. The average molecular weight is 359 g/mol. The summed E-state index contributed by atoms with van der Waals surface area (Å²) in [6.07, 6.45) is -0.552. The molecule has 0 saturated carbocycles. The van der Waals surface area contributed by atoms with E-state index in [0.717, 1.165) is 27.5 Å². The molecule has 2 aromatic carbocycles. The predicted molar refractivity (Wildman–Crippen MR) is 103 cm³/mol. The van der Waals surface area contributed by atoms with Gasteiger partial charge in [0.15, 0.2) is 0 Å². The quantitative estimate of drug-likeness (QED) is 0.622. The highest BCUT2D eigenvalue weighted by Crippen LogP contribution is 2.30. The van der Waals surface area contributed by atoms with Crippen molar-refractivity contribution in [1.82, 2.24) is 4.98 Å². The van der Waals surface area contributed by atoms with Crippen molar-refractivity contribution in [3.8, 4) is 21.8 Å². The summed E-state index contributed by atoms with van der Waals surface area (Å²) in [5, 5.41) is 15.8. The third-order valence-corrected chi connectivity index (χ3v) is 4.93. The maximum absolute atomic E-state index is 9.55. The first-order valence-electron chi connectivity index (χ1n) is 7.76. The molecule has 3 aromatic rings. The van der Waals surface area contributed by atoms with Crippen molar-refractivity contribution in [1.29, 1.82) is 0 Å². The lowest BCUT2D eigenvalue weighted by atomic mass is 10.1. The molecular formula is C19H19ClN2OS. The standard InChI is InChI=1S/C19H19ClN2OS/c1-13-5-7-14(8-6-13)18-12-24-19(22-18)15-3-2-4-16(9-15)21-11-17(23)10-20/h2-9,12,17,21,23H,10-11H2,1H3. The molecule has 2 N–H and O–H groups in total. The molecule has 0 aliphatic heterocycles. The molecule has 0 saturated heterocycles. The molecule has 1 unspecified atom stereocenters. The number of aryl methyl sites for hydroxylation is 1. The molecule has 5 heteroatoms. The van der Waals surface area contributed by atoms with E-state index in [-0.39, 0.29) is 5.88 Å². The van der Waals surface area contributed by atoms with Gasteiger partial charge in [-0.05, 0) is 19.1 Å². The minimum atomic E-state index is -0.552. The summed E-state index contributed by atoms with van der Waals surface area (Å²) >= 11 is 7.25. The largest absolute Gasteiger partial charge is 0.390 e. The predicted octanol–water partition coefficient (Wildman–Crippen LogP) is 4.80. The van der Waals surface area contributed by atoms with Crippen LogP contribution in [0.3, 0.4) is 0 Å². The Morgan fingerprint density at radius 1 is 1.17 bits per heavy atom. The van der Waals surface area contributed by atoms with Gasteiger partial charge < -0.3 is 10.4 Å². The lowest BCUT2D eigenvalue weighted by Gasteiger charge is -2.10. The van der Waals surface area contributed by atoms with Crippen molar-refractivity contribution < 1.29 is 5.11 Å². The van der Waals surface area contributed by atoms with E-state index in [1.165, 1.54) is 5.56 Å². The Morgan fingerprint density at radius 3 is 2.71 bits per heavy atom. The number of halogens is 1. The van der Waals surface area contributed by atoms with Crippen molar-refractivity contribution in [2.45, 2.75) is 13.0 Å². The van der Waals surface area contributed by atoms with Crippen LogP contribution in [0.25, 0.3) is 21.8 Å². The zero-order valence-electron chi connectivity index (χ0n) is 13.4. The molecule has 0 radical (unpaired) electrons. The van der Waals surface area contributed by atoms with Crippen molar-refractivity contribution in [3.05, 3.63) is 59.5 Å². The number of alkyl halides is 1. The van der Waals surface area contributed by atoms with E-state index in [0.29, 0.717) is 6.54 Å². The van der Waals surface area contributed by atoms with Crippen molar-refractivity contribution in [3.63, 3.8) is 0 Å². The number of hydrogen-bond acceptors (Lipinski definition) is 4. The van der Waals surface area contributed by atoms with Crippen molar-refractivity contribution in [2.24, 2.45) is 0 Å². The summed E-state index contributed by atoms with van der Waals surface area (Å²) in [6, 6.07) is 16.4. The fourth-order valence-electron chi connectivity index (χ4n) is 2.32. The minimum absolute atomic E-state index is 0.221. The second-order valence-electron chi connectivity index (χ2n) is 5.67. The Hall–Kier alpha value is -1.88. The molecule has 1 heterocycles. The number of aromatic nitrogens is 1. The van der Waals surface area contributed by atoms with Crippen molar-refractivity contribution >= 4 is 28.6 Å². The number of rotatable bonds is 6. The molecule has 0 aliphatic rings. The van der Waals surface area contributed by atoms with Gasteiger partial charge in [-0.3, -0.25) is 0 Å². The third-order valence-electron chi connectivity index (χ3n) is 3.68. The molecule has 0 amide bonds. The van der Waals surface area contributed by atoms with E-state index in [4.69, 9.17) is 16.6 Å². The van der Waals surface area contributed by atoms with Crippen LogP contribution in [0.5, 0.6) is 0 Å². The molecule has 124 valence electrons. The average Bonchev–Trinajstić information content (AvgIpc) is 3.10. The molecule has 3 nitrogen and oxygen atoms in total. The summed E-state index contributed by atoms with van der Waals surface area (Å²) in [5.74, 6) is 0.221. The number of aliphatic hydroxyl groups excluding tert-OH is 1. The Labute approximate surface area is 151 Å². The van der Waals surface area contributed by atoms with E-state index in [1.807, 2.05) is 24.3 Å². The van der Waals surface area contributed by atoms with Crippen LogP contribution in [0.1, 0.15) is 5.56 Å². The summed E-state index contributed by atoms with van der Waals surface area (Å²) in [4.78, 5) is 4.75. The summed E-state index contributed by atoms with van der Waals surface area (Å²) < 4.78 is 0. The SMILES string of the molecule is Cc1ccc(-c2csc(-c3cccc(NCC(O)CCl)c3)n2)cc1. The van der Waals surface area contributed by atoms with Gasteiger partial charge in [-0.15, -0.1) is 22.9 Å². The lowest BCUT2D eigenvalue weighted by molar-refractivity contribution is 0.211. The monoisotopic (exact) mass is 358 g/mol. The third kappa shape index (κ3) is 4.15. The molecule has 24 heavy (non-hydrogen) atoms. The van der Waals surface area contributed by atoms with E-state index in [1.54, 1.807) is 11.3 Å². The van der Waals surface area contributed by atoms with Gasteiger partial charge in [-0.25, -0.2) is 4.98 Å². The molecule has 1 atom stereocenters. The molecular weight excluding hydrogens is 340 g/mol. The zero-order chi connectivity index (χ0) is 16.9. The van der Waals surface area contributed by atoms with Crippen LogP contribution in [0.15, 0.2) is 53.9 Å². The highest BCUT2D eigenvalue weighted by molar-refractivity contribution is 7.13. The zero-order valence-corrected chi connectivity index (χ0v) is 14.9. The number of aliphatic hydroxyl groups is 1. The normalized spacial score (nSPS) is 12.1. The van der Waals surface area contributed by atoms with Gasteiger partial charge in [0, 0.05) is 28.7 Å². The first kappa shape index (κ1) is 17.0. The Balaban J connectivity index is 1.78. The smallest absolute Gasteiger partial charge is 0.124 e. The van der Waals surface area contributed by atoms with Gasteiger partial charge in [-0.2, -0.15) is 0 Å². The number of benzene rings is 2. The van der Waals surface area contributed by atoms with E-state index >= 15 is 0 Å². The highest BCUT2D eigenvalue weighted by atomic mass is 35.5. The lowest BCUT2D eigenvalue weighted by Crippen LogP contribution is -2.20. The van der Waals surface area contributed by atoms with Gasteiger partial charge in [0.05, 0.1) is 17.7 Å². The molecule has 1 aromatic heterocycles. The van der Waals surface area contributed by atoms with Crippen molar-refractivity contribution in [2.75, 3.05) is 17.7 Å². The molecule has 3 rings (SSSR count). The van der Waals surface area contributed by atoms with E-state index < -0.39 is 6.10 Å².